The Hall–Kier alpha value is -4.24. The van der Waals surface area contributed by atoms with Gasteiger partial charge in [-0.3, -0.25) is 19.2 Å². The first-order chi connectivity index (χ1) is 24.9. The van der Waals surface area contributed by atoms with Crippen molar-refractivity contribution in [2.75, 3.05) is 13.7 Å². The fourth-order valence-corrected chi connectivity index (χ4v) is 9.76. The lowest BCUT2D eigenvalue weighted by atomic mass is 9.48. The second kappa shape index (κ2) is 14.5. The maximum absolute atomic E-state index is 13.9. The maximum atomic E-state index is 13.9. The van der Waals surface area contributed by atoms with E-state index in [4.69, 9.17) is 37.6 Å². The Morgan fingerprint density at radius 1 is 1.13 bits per heavy atom. The summed E-state index contributed by atoms with van der Waals surface area (Å²) in [5.74, 6) is -7.19. The highest BCUT2D eigenvalue weighted by Crippen LogP contribution is 2.76. The fourth-order valence-electron chi connectivity index (χ4n) is 9.76. The summed E-state index contributed by atoms with van der Waals surface area (Å²) in [7, 11) is 1.19. The van der Waals surface area contributed by atoms with E-state index >= 15 is 0 Å². The summed E-state index contributed by atoms with van der Waals surface area (Å²) in [6.07, 6.45) is -2.95. The van der Waals surface area contributed by atoms with Gasteiger partial charge in [0, 0.05) is 38.0 Å². The molecule has 15 heteroatoms. The first-order valence-electron chi connectivity index (χ1n) is 17.8. The highest BCUT2D eigenvalue weighted by atomic mass is 16.6. The minimum atomic E-state index is -1.76. The molecule has 13 atom stereocenters. The number of carbonyl (C=O) groups excluding carboxylic acids is 6. The summed E-state index contributed by atoms with van der Waals surface area (Å²) < 4.78 is 46.4. The standard InChI is InChI=1S/C38H50O15/c1-10-19(2)30(43)34(45)51-32-31(49-18-39)29(20(3)38-27(52-38)13-24(37(32,38)8)23-11-12-47-16-23)35(6)15-25(50-22(5)41)33(44)53-36(7,17-48-21(4)40)26(35)14-28(42)46-9/h11-12,16,18-19,24-27,29-32,43H,3,10,13-15,17H2,1-2,4-9H3/t19-,24+,25+,26-,27-,29-,30-,31-,32+,35+,36-,37-,38-/m1/s1. The zero-order valence-corrected chi connectivity index (χ0v) is 31.4. The van der Waals surface area contributed by atoms with Gasteiger partial charge in [-0.2, -0.15) is 0 Å². The van der Waals surface area contributed by atoms with Crippen LogP contribution in [-0.2, 0) is 61.9 Å². The van der Waals surface area contributed by atoms with Gasteiger partial charge in [0.05, 0.1) is 37.6 Å². The van der Waals surface area contributed by atoms with Gasteiger partial charge in [0.2, 0.25) is 0 Å². The molecule has 1 N–H and O–H groups in total. The molecular weight excluding hydrogens is 696 g/mol. The number of aliphatic hydroxyl groups is 1. The zero-order chi connectivity index (χ0) is 39.3. The van der Waals surface area contributed by atoms with E-state index in [1.165, 1.54) is 27.2 Å². The number of ether oxygens (including phenoxy) is 7. The number of rotatable bonds is 13. The van der Waals surface area contributed by atoms with Crippen LogP contribution < -0.4 is 0 Å². The Bertz CT molecular complexity index is 1620. The molecule has 0 radical (unpaired) electrons. The lowest BCUT2D eigenvalue weighted by Crippen LogP contribution is -2.67. The molecule has 2 aliphatic carbocycles. The predicted molar refractivity (Wildman–Crippen MR) is 180 cm³/mol. The average Bonchev–Trinajstić information content (AvgIpc) is 3.47. The van der Waals surface area contributed by atoms with E-state index in [1.54, 1.807) is 26.2 Å². The van der Waals surface area contributed by atoms with Crippen molar-refractivity contribution >= 4 is 36.3 Å². The number of methoxy groups -OCH3 is 1. The van der Waals surface area contributed by atoms with Crippen LogP contribution in [0.1, 0.15) is 85.6 Å². The first-order valence-corrected chi connectivity index (χ1v) is 17.8. The van der Waals surface area contributed by atoms with Gasteiger partial charge in [-0.25, -0.2) is 9.59 Å². The highest BCUT2D eigenvalue weighted by Gasteiger charge is 2.84. The van der Waals surface area contributed by atoms with Crippen LogP contribution in [0, 0.1) is 28.6 Å². The monoisotopic (exact) mass is 746 g/mol. The third-order valence-corrected chi connectivity index (χ3v) is 12.5. The molecule has 5 rings (SSSR count). The molecule has 2 saturated carbocycles. The molecule has 0 amide bonds. The number of hydrogen-bond donors (Lipinski definition) is 1. The zero-order valence-electron chi connectivity index (χ0n) is 31.4. The van der Waals surface area contributed by atoms with Gasteiger partial charge in [-0.05, 0) is 41.9 Å². The normalized spacial score (nSPS) is 38.5. The molecule has 2 saturated heterocycles. The molecule has 2 aliphatic heterocycles. The molecule has 292 valence electrons. The van der Waals surface area contributed by atoms with Crippen LogP contribution in [0.3, 0.4) is 0 Å². The summed E-state index contributed by atoms with van der Waals surface area (Å²) >= 11 is 0. The van der Waals surface area contributed by atoms with Crippen molar-refractivity contribution in [1.82, 2.24) is 0 Å². The van der Waals surface area contributed by atoms with E-state index in [0.717, 1.165) is 12.5 Å². The van der Waals surface area contributed by atoms with Crippen molar-refractivity contribution in [1.29, 1.82) is 0 Å². The van der Waals surface area contributed by atoms with E-state index < -0.39 is 113 Å². The van der Waals surface area contributed by atoms with Gasteiger partial charge in [-0.1, -0.05) is 40.7 Å². The van der Waals surface area contributed by atoms with E-state index in [9.17, 15) is 33.9 Å². The van der Waals surface area contributed by atoms with Crippen molar-refractivity contribution in [2.24, 2.45) is 28.6 Å². The minimum absolute atomic E-state index is 0.212. The number of carbonyl (C=O) groups is 6. The minimum Gasteiger partial charge on any atom is -0.472 e. The van der Waals surface area contributed by atoms with Gasteiger partial charge in [0.15, 0.2) is 12.2 Å². The Kier molecular flexibility index (Phi) is 11.0. The smallest absolute Gasteiger partial charge is 0.348 e. The Morgan fingerprint density at radius 3 is 2.40 bits per heavy atom. The molecule has 3 heterocycles. The second-order valence-electron chi connectivity index (χ2n) is 15.5. The van der Waals surface area contributed by atoms with Gasteiger partial charge < -0.3 is 42.7 Å². The van der Waals surface area contributed by atoms with Crippen LogP contribution in [0.2, 0.25) is 0 Å². The molecule has 0 bridgehead atoms. The second-order valence-corrected chi connectivity index (χ2v) is 15.5. The molecule has 4 aliphatic rings. The summed E-state index contributed by atoms with van der Waals surface area (Å²) in [6, 6.07) is 1.79. The SMILES string of the molecule is C=C1[C@@H]([C@@]2(C)C[C@H](OC(C)=O)C(=O)O[C@](C)(COC(C)=O)[C@@H]2CC(=O)OC)[C@@H](OC=O)[C@H](OC(=O)[C@H](O)[C@H](C)CC)[C@@]2(C)[C@H](c3ccoc3)C[C@H]3O[C@]132. The molecule has 0 unspecified atom stereocenters. The molecule has 53 heavy (non-hydrogen) atoms. The van der Waals surface area contributed by atoms with Crippen LogP contribution >= 0.6 is 0 Å². The Labute approximate surface area is 307 Å². The van der Waals surface area contributed by atoms with E-state index in [2.05, 4.69) is 6.58 Å². The third-order valence-electron chi connectivity index (χ3n) is 12.5. The van der Waals surface area contributed by atoms with Gasteiger partial charge >= 0.3 is 29.8 Å². The lowest BCUT2D eigenvalue weighted by Gasteiger charge is -2.59. The third kappa shape index (κ3) is 6.53. The fraction of sp³-hybridized carbons (Fsp3) is 0.684. The van der Waals surface area contributed by atoms with E-state index in [0.29, 0.717) is 18.4 Å². The number of esters is 5. The summed E-state index contributed by atoms with van der Waals surface area (Å²) in [5.41, 5.74) is -4.44. The van der Waals surface area contributed by atoms with Gasteiger partial charge in [-0.15, -0.1) is 0 Å². The Balaban J connectivity index is 1.78. The predicted octanol–water partition coefficient (Wildman–Crippen LogP) is 3.34. The number of epoxide rings is 1. The highest BCUT2D eigenvalue weighted by molar-refractivity contribution is 5.80. The maximum Gasteiger partial charge on any atom is 0.348 e. The average molecular weight is 747 g/mol. The molecule has 15 nitrogen and oxygen atoms in total. The van der Waals surface area contributed by atoms with Gasteiger partial charge in [0.25, 0.3) is 6.47 Å². The number of aliphatic hydroxyl groups excluding tert-OH is 1. The molecule has 1 aromatic heterocycles. The van der Waals surface area contributed by atoms with E-state index in [1.807, 2.05) is 13.8 Å². The van der Waals surface area contributed by atoms with Crippen molar-refractivity contribution < 1.29 is 71.4 Å². The molecule has 1 aromatic rings. The topological polar surface area (TPSA) is 204 Å². The van der Waals surface area contributed by atoms with Crippen LogP contribution in [0.25, 0.3) is 0 Å². The molecule has 4 fully saturated rings. The lowest BCUT2D eigenvalue weighted by molar-refractivity contribution is -0.216. The first kappa shape index (κ1) is 40.0. The van der Waals surface area contributed by atoms with Crippen molar-refractivity contribution in [2.45, 2.75) is 122 Å². The van der Waals surface area contributed by atoms with Gasteiger partial charge in [0.1, 0.15) is 30.0 Å². The number of cyclic esters (lactones) is 1. The molecular formula is C38H50O15. The van der Waals surface area contributed by atoms with E-state index in [-0.39, 0.29) is 18.8 Å². The number of hydrogen-bond acceptors (Lipinski definition) is 15. The van der Waals surface area contributed by atoms with Crippen LogP contribution in [0.15, 0.2) is 35.2 Å². The van der Waals surface area contributed by atoms with Crippen LogP contribution in [-0.4, -0.2) is 96.9 Å². The van der Waals surface area contributed by atoms with Crippen molar-refractivity contribution in [3.05, 3.63) is 36.3 Å². The van der Waals surface area contributed by atoms with Crippen molar-refractivity contribution in [3.8, 4) is 0 Å². The quantitative estimate of drug-likeness (QED) is 0.101. The molecule has 1 spiro atoms. The summed E-state index contributed by atoms with van der Waals surface area (Å²) in [5, 5.41) is 11.1. The largest absolute Gasteiger partial charge is 0.472 e. The van der Waals surface area contributed by atoms with Crippen LogP contribution in [0.5, 0.6) is 0 Å². The van der Waals surface area contributed by atoms with Crippen molar-refractivity contribution in [3.63, 3.8) is 0 Å². The summed E-state index contributed by atoms with van der Waals surface area (Å²) in [6.45, 7) is 15.1. The summed E-state index contributed by atoms with van der Waals surface area (Å²) in [4.78, 5) is 78.2. The Morgan fingerprint density at radius 2 is 1.83 bits per heavy atom. The molecule has 0 aromatic carbocycles. The van der Waals surface area contributed by atoms with Crippen LogP contribution in [0.4, 0.5) is 0 Å². The number of furan rings is 1.